The van der Waals surface area contributed by atoms with E-state index in [1.165, 1.54) is 31.6 Å². The first-order chi connectivity index (χ1) is 13.2. The SMILES string of the molecule is COCCn1c(C2CC2)nc2ccc(N3CCN4CCC3CC4)cc2c1=O. The van der Waals surface area contributed by atoms with Crippen molar-refractivity contribution < 1.29 is 4.74 Å². The summed E-state index contributed by atoms with van der Waals surface area (Å²) < 4.78 is 7.09. The van der Waals surface area contributed by atoms with Crippen molar-refractivity contribution in [1.29, 1.82) is 0 Å². The van der Waals surface area contributed by atoms with Gasteiger partial charge in [0.15, 0.2) is 0 Å². The lowest BCUT2D eigenvalue weighted by Gasteiger charge is -2.33. The third-order valence-corrected chi connectivity index (χ3v) is 6.42. The molecular weight excluding hydrogens is 340 g/mol. The van der Waals surface area contributed by atoms with Crippen LogP contribution in [0.3, 0.4) is 0 Å². The van der Waals surface area contributed by atoms with Crippen LogP contribution >= 0.6 is 0 Å². The van der Waals surface area contributed by atoms with Crippen molar-refractivity contribution in [1.82, 2.24) is 14.5 Å². The van der Waals surface area contributed by atoms with Crippen LogP contribution in [0.5, 0.6) is 0 Å². The van der Waals surface area contributed by atoms with Gasteiger partial charge in [-0.25, -0.2) is 4.98 Å². The fourth-order valence-electron chi connectivity index (χ4n) is 4.68. The molecule has 4 fully saturated rings. The molecule has 0 atom stereocenters. The third-order valence-electron chi connectivity index (χ3n) is 6.42. The smallest absolute Gasteiger partial charge is 0.261 e. The molecule has 27 heavy (non-hydrogen) atoms. The molecule has 4 aliphatic rings. The largest absolute Gasteiger partial charge is 0.383 e. The standard InChI is InChI=1S/C21H28N4O2/c1-27-13-12-25-20(15-2-3-15)22-19-5-4-17(14-18(19)21(25)26)24-11-10-23-8-6-16(24)7-9-23/h4-5,14-16H,2-3,6-13H2,1H3. The second-order valence-corrected chi connectivity index (χ2v) is 8.16. The van der Waals surface area contributed by atoms with E-state index in [2.05, 4.69) is 28.0 Å². The highest BCUT2D eigenvalue weighted by Gasteiger charge is 2.31. The first-order valence-electron chi connectivity index (χ1n) is 10.3. The second kappa shape index (κ2) is 6.91. The van der Waals surface area contributed by atoms with Gasteiger partial charge in [-0.15, -0.1) is 0 Å². The molecule has 3 saturated heterocycles. The Hall–Kier alpha value is -1.92. The lowest BCUT2D eigenvalue weighted by molar-refractivity contribution is 0.185. The average molecular weight is 368 g/mol. The van der Waals surface area contributed by atoms with E-state index in [0.717, 1.165) is 42.7 Å². The first-order valence-corrected chi connectivity index (χ1v) is 10.3. The molecule has 0 spiro atoms. The molecule has 1 saturated carbocycles. The van der Waals surface area contributed by atoms with E-state index in [4.69, 9.17) is 9.72 Å². The molecule has 1 aromatic heterocycles. The van der Waals surface area contributed by atoms with Gasteiger partial charge in [-0.2, -0.15) is 0 Å². The summed E-state index contributed by atoms with van der Waals surface area (Å²) in [6, 6.07) is 6.89. The van der Waals surface area contributed by atoms with Gasteiger partial charge in [0, 0.05) is 50.9 Å². The molecule has 0 N–H and O–H groups in total. The summed E-state index contributed by atoms with van der Waals surface area (Å²) in [7, 11) is 1.68. The van der Waals surface area contributed by atoms with Gasteiger partial charge in [-0.3, -0.25) is 9.36 Å². The summed E-state index contributed by atoms with van der Waals surface area (Å²) in [4.78, 5) is 23.2. The number of anilines is 1. The monoisotopic (exact) mass is 368 g/mol. The highest BCUT2D eigenvalue weighted by atomic mass is 16.5. The molecule has 0 unspecified atom stereocenters. The molecule has 6 heteroatoms. The van der Waals surface area contributed by atoms with Crippen molar-refractivity contribution in [2.75, 3.05) is 44.8 Å². The van der Waals surface area contributed by atoms with Gasteiger partial charge in [0.25, 0.3) is 5.56 Å². The topological polar surface area (TPSA) is 50.6 Å². The van der Waals surface area contributed by atoms with Crippen molar-refractivity contribution in [3.8, 4) is 0 Å². The quantitative estimate of drug-likeness (QED) is 0.810. The van der Waals surface area contributed by atoms with E-state index >= 15 is 0 Å². The minimum absolute atomic E-state index is 0.0867. The summed E-state index contributed by atoms with van der Waals surface area (Å²) in [6.45, 7) is 5.68. The fraction of sp³-hybridized carbons (Fsp3) is 0.619. The Morgan fingerprint density at radius 2 is 1.93 bits per heavy atom. The van der Waals surface area contributed by atoms with Gasteiger partial charge < -0.3 is 14.5 Å². The Kier molecular flexibility index (Phi) is 4.40. The van der Waals surface area contributed by atoms with Crippen LogP contribution in [-0.2, 0) is 11.3 Å². The maximum absolute atomic E-state index is 13.3. The minimum Gasteiger partial charge on any atom is -0.383 e. The minimum atomic E-state index is 0.0867. The zero-order chi connectivity index (χ0) is 18.4. The van der Waals surface area contributed by atoms with Crippen molar-refractivity contribution in [2.24, 2.45) is 0 Å². The number of aromatic nitrogens is 2. The molecule has 2 aromatic rings. The van der Waals surface area contributed by atoms with E-state index < -0.39 is 0 Å². The van der Waals surface area contributed by atoms with Crippen LogP contribution < -0.4 is 10.5 Å². The number of benzene rings is 1. The molecule has 2 bridgehead atoms. The number of fused-ring (bicyclic) bond motifs is 5. The summed E-state index contributed by atoms with van der Waals surface area (Å²) in [5.74, 6) is 1.38. The van der Waals surface area contributed by atoms with Crippen molar-refractivity contribution >= 4 is 16.6 Å². The number of hydrogen-bond acceptors (Lipinski definition) is 5. The molecule has 6 rings (SSSR count). The zero-order valence-corrected chi connectivity index (χ0v) is 16.1. The molecular formula is C21H28N4O2. The van der Waals surface area contributed by atoms with Crippen LogP contribution in [0.2, 0.25) is 0 Å². The van der Waals surface area contributed by atoms with Crippen LogP contribution in [0.1, 0.15) is 37.4 Å². The van der Waals surface area contributed by atoms with E-state index in [1.54, 1.807) is 7.11 Å². The lowest BCUT2D eigenvalue weighted by Crippen LogP contribution is -2.38. The molecule has 6 nitrogen and oxygen atoms in total. The van der Waals surface area contributed by atoms with Crippen LogP contribution in [0, 0.1) is 0 Å². The molecule has 144 valence electrons. The van der Waals surface area contributed by atoms with Gasteiger partial charge in [0.1, 0.15) is 5.82 Å². The lowest BCUT2D eigenvalue weighted by atomic mass is 10.0. The highest BCUT2D eigenvalue weighted by Crippen LogP contribution is 2.39. The van der Waals surface area contributed by atoms with Gasteiger partial charge >= 0.3 is 0 Å². The predicted molar refractivity (Wildman–Crippen MR) is 107 cm³/mol. The summed E-state index contributed by atoms with van der Waals surface area (Å²) >= 11 is 0. The Morgan fingerprint density at radius 3 is 2.67 bits per heavy atom. The number of hydrogen-bond donors (Lipinski definition) is 0. The van der Waals surface area contributed by atoms with Gasteiger partial charge in [-0.1, -0.05) is 0 Å². The Labute approximate surface area is 159 Å². The number of nitrogens with zero attached hydrogens (tertiary/aromatic N) is 4. The predicted octanol–water partition coefficient (Wildman–Crippen LogP) is 2.20. The highest BCUT2D eigenvalue weighted by molar-refractivity contribution is 5.82. The molecule has 0 radical (unpaired) electrons. The first kappa shape index (κ1) is 17.2. The maximum atomic E-state index is 13.3. The van der Waals surface area contributed by atoms with E-state index in [-0.39, 0.29) is 5.56 Å². The normalized spacial score (nSPS) is 25.1. The average Bonchev–Trinajstić information content (AvgIpc) is 3.55. The van der Waals surface area contributed by atoms with E-state index in [1.807, 2.05) is 4.57 Å². The number of piperidine rings is 1. The molecule has 1 aliphatic carbocycles. The summed E-state index contributed by atoms with van der Waals surface area (Å²) in [5, 5.41) is 0.743. The van der Waals surface area contributed by atoms with E-state index in [9.17, 15) is 4.79 Å². The van der Waals surface area contributed by atoms with Crippen LogP contribution in [-0.4, -0.2) is 60.4 Å². The maximum Gasteiger partial charge on any atom is 0.261 e. The Morgan fingerprint density at radius 1 is 1.11 bits per heavy atom. The van der Waals surface area contributed by atoms with Crippen LogP contribution in [0.25, 0.3) is 10.9 Å². The van der Waals surface area contributed by atoms with Crippen molar-refractivity contribution in [3.05, 3.63) is 34.4 Å². The molecule has 4 heterocycles. The Balaban J connectivity index is 1.57. The van der Waals surface area contributed by atoms with Gasteiger partial charge in [0.05, 0.1) is 24.1 Å². The van der Waals surface area contributed by atoms with Gasteiger partial charge in [0.2, 0.25) is 0 Å². The van der Waals surface area contributed by atoms with Crippen molar-refractivity contribution in [3.63, 3.8) is 0 Å². The van der Waals surface area contributed by atoms with Crippen LogP contribution in [0.15, 0.2) is 23.0 Å². The number of rotatable bonds is 5. The Bertz CT molecular complexity index is 897. The number of ether oxygens (including phenoxy) is 1. The van der Waals surface area contributed by atoms with E-state index in [0.29, 0.717) is 25.1 Å². The number of methoxy groups -OCH3 is 1. The van der Waals surface area contributed by atoms with Gasteiger partial charge in [-0.05, 0) is 43.9 Å². The summed E-state index contributed by atoms with van der Waals surface area (Å²) in [5.41, 5.74) is 2.10. The summed E-state index contributed by atoms with van der Waals surface area (Å²) in [6.07, 6.45) is 4.70. The zero-order valence-electron chi connectivity index (χ0n) is 16.1. The van der Waals surface area contributed by atoms with Crippen LogP contribution in [0.4, 0.5) is 5.69 Å². The third kappa shape index (κ3) is 3.15. The van der Waals surface area contributed by atoms with Crippen molar-refractivity contribution in [2.45, 2.75) is 44.2 Å². The fourth-order valence-corrected chi connectivity index (χ4v) is 4.68. The second-order valence-electron chi connectivity index (χ2n) is 8.16. The molecule has 3 aliphatic heterocycles. The molecule has 1 aromatic carbocycles. The molecule has 0 amide bonds.